The van der Waals surface area contributed by atoms with Gasteiger partial charge in [0.05, 0.1) is 25.1 Å². The highest BCUT2D eigenvalue weighted by molar-refractivity contribution is 9.11. The molecule has 2 aromatic carbocycles. The average Bonchev–Trinajstić information content (AvgIpc) is 2.56. The number of amides is 1. The molecule has 0 aliphatic rings. The fourth-order valence-corrected chi connectivity index (χ4v) is 4.45. The molecule has 0 bridgehead atoms. The van der Waals surface area contributed by atoms with Crippen LogP contribution in [0.3, 0.4) is 0 Å². The SMILES string of the molecule is CCOc1ccc(/C=N\NC(=O)CNc2c(Br)cc(Br)cc2Br)cc1. The predicted octanol–water partition coefficient (Wildman–Crippen LogP) is 4.94. The minimum atomic E-state index is -0.246. The summed E-state index contributed by atoms with van der Waals surface area (Å²) in [5.41, 5.74) is 4.16. The number of carbonyl (C=O) groups excluding carboxylic acids is 1. The van der Waals surface area contributed by atoms with Crippen molar-refractivity contribution in [2.75, 3.05) is 18.5 Å². The molecular weight excluding hydrogens is 518 g/mol. The van der Waals surface area contributed by atoms with E-state index in [0.717, 1.165) is 30.4 Å². The number of ether oxygens (including phenoxy) is 1. The number of hydrogen-bond donors (Lipinski definition) is 2. The predicted molar refractivity (Wildman–Crippen MR) is 111 cm³/mol. The summed E-state index contributed by atoms with van der Waals surface area (Å²) in [6, 6.07) is 11.3. The minimum Gasteiger partial charge on any atom is -0.494 e. The fourth-order valence-electron chi connectivity index (χ4n) is 1.91. The van der Waals surface area contributed by atoms with Gasteiger partial charge in [-0.3, -0.25) is 4.79 Å². The van der Waals surface area contributed by atoms with E-state index in [-0.39, 0.29) is 12.5 Å². The Morgan fingerprint density at radius 1 is 1.16 bits per heavy atom. The Balaban J connectivity index is 1.84. The summed E-state index contributed by atoms with van der Waals surface area (Å²) in [4.78, 5) is 11.9. The van der Waals surface area contributed by atoms with Crippen LogP contribution in [0.25, 0.3) is 0 Å². The molecule has 132 valence electrons. The number of hydrogen-bond acceptors (Lipinski definition) is 4. The monoisotopic (exact) mass is 531 g/mol. The Morgan fingerprint density at radius 2 is 1.80 bits per heavy atom. The third-order valence-electron chi connectivity index (χ3n) is 3.03. The van der Waals surface area contributed by atoms with Gasteiger partial charge in [-0.05, 0) is 80.7 Å². The van der Waals surface area contributed by atoms with Crippen LogP contribution in [0, 0.1) is 0 Å². The lowest BCUT2D eigenvalue weighted by Gasteiger charge is -2.10. The first-order valence-electron chi connectivity index (χ1n) is 7.42. The molecule has 0 fully saturated rings. The molecule has 0 atom stereocenters. The van der Waals surface area contributed by atoms with Gasteiger partial charge in [-0.2, -0.15) is 5.10 Å². The Kier molecular flexibility index (Phi) is 7.92. The van der Waals surface area contributed by atoms with Crippen LogP contribution in [0.4, 0.5) is 5.69 Å². The maximum absolute atomic E-state index is 11.9. The van der Waals surface area contributed by atoms with Crippen LogP contribution in [-0.2, 0) is 4.79 Å². The van der Waals surface area contributed by atoms with Gasteiger partial charge < -0.3 is 10.1 Å². The molecule has 0 spiro atoms. The highest BCUT2D eigenvalue weighted by Crippen LogP contribution is 2.34. The zero-order valence-electron chi connectivity index (χ0n) is 13.4. The molecule has 5 nitrogen and oxygen atoms in total. The van der Waals surface area contributed by atoms with Crippen LogP contribution in [-0.4, -0.2) is 25.3 Å². The van der Waals surface area contributed by atoms with Gasteiger partial charge in [-0.1, -0.05) is 15.9 Å². The van der Waals surface area contributed by atoms with Crippen molar-refractivity contribution in [2.24, 2.45) is 5.10 Å². The lowest BCUT2D eigenvalue weighted by molar-refractivity contribution is -0.119. The number of carbonyl (C=O) groups is 1. The van der Waals surface area contributed by atoms with E-state index in [2.05, 4.69) is 63.6 Å². The van der Waals surface area contributed by atoms with E-state index < -0.39 is 0 Å². The third kappa shape index (κ3) is 6.45. The van der Waals surface area contributed by atoms with Crippen LogP contribution in [0.15, 0.2) is 54.9 Å². The lowest BCUT2D eigenvalue weighted by Crippen LogP contribution is -2.26. The second-order valence-electron chi connectivity index (χ2n) is 4.89. The van der Waals surface area contributed by atoms with Gasteiger partial charge in [0.15, 0.2) is 0 Å². The summed E-state index contributed by atoms with van der Waals surface area (Å²) >= 11 is 10.3. The van der Waals surface area contributed by atoms with Gasteiger partial charge in [0, 0.05) is 13.4 Å². The van der Waals surface area contributed by atoms with Gasteiger partial charge in [0.2, 0.25) is 0 Å². The van der Waals surface area contributed by atoms with Crippen molar-refractivity contribution in [2.45, 2.75) is 6.92 Å². The van der Waals surface area contributed by atoms with Crippen molar-refractivity contribution in [1.29, 1.82) is 0 Å². The molecule has 0 radical (unpaired) electrons. The summed E-state index contributed by atoms with van der Waals surface area (Å²) in [6.45, 7) is 2.66. The molecule has 0 aliphatic heterocycles. The van der Waals surface area contributed by atoms with Crippen molar-refractivity contribution in [3.63, 3.8) is 0 Å². The minimum absolute atomic E-state index is 0.0967. The average molecular weight is 534 g/mol. The van der Waals surface area contributed by atoms with E-state index in [1.165, 1.54) is 0 Å². The summed E-state index contributed by atoms with van der Waals surface area (Å²) in [7, 11) is 0. The van der Waals surface area contributed by atoms with Crippen molar-refractivity contribution in [3.05, 3.63) is 55.4 Å². The van der Waals surface area contributed by atoms with Crippen molar-refractivity contribution < 1.29 is 9.53 Å². The third-order valence-corrected chi connectivity index (χ3v) is 4.74. The highest BCUT2D eigenvalue weighted by atomic mass is 79.9. The number of nitrogens with one attached hydrogen (secondary N) is 2. The second-order valence-corrected chi connectivity index (χ2v) is 7.52. The molecule has 2 aromatic rings. The van der Waals surface area contributed by atoms with Gasteiger partial charge in [0.1, 0.15) is 5.75 Å². The van der Waals surface area contributed by atoms with Gasteiger partial charge in [-0.15, -0.1) is 0 Å². The molecular formula is C17H16Br3N3O2. The van der Waals surface area contributed by atoms with Gasteiger partial charge in [0.25, 0.3) is 5.91 Å². The first-order chi connectivity index (χ1) is 12.0. The van der Waals surface area contributed by atoms with E-state index in [0.29, 0.717) is 6.61 Å². The van der Waals surface area contributed by atoms with Crippen LogP contribution < -0.4 is 15.5 Å². The van der Waals surface area contributed by atoms with Crippen LogP contribution in [0.5, 0.6) is 5.75 Å². The quantitative estimate of drug-likeness (QED) is 0.392. The van der Waals surface area contributed by atoms with Crippen molar-refractivity contribution >= 4 is 65.6 Å². The molecule has 0 heterocycles. The zero-order chi connectivity index (χ0) is 18.2. The molecule has 8 heteroatoms. The topological polar surface area (TPSA) is 62.7 Å². The number of halogens is 3. The standard InChI is InChI=1S/C17H16Br3N3O2/c1-2-25-13-5-3-11(4-6-13)9-22-23-16(24)10-21-17-14(19)7-12(18)8-15(17)20/h3-9,21H,2,10H2,1H3,(H,23,24)/b22-9-. The second kappa shape index (κ2) is 9.94. The number of anilines is 1. The molecule has 2 rings (SSSR count). The van der Waals surface area contributed by atoms with Gasteiger partial charge in [-0.25, -0.2) is 5.43 Å². The van der Waals surface area contributed by atoms with Crippen LogP contribution in [0.2, 0.25) is 0 Å². The first kappa shape index (κ1) is 19.9. The van der Waals surface area contributed by atoms with Crippen molar-refractivity contribution in [1.82, 2.24) is 5.43 Å². The number of rotatable bonds is 7. The summed E-state index contributed by atoms with van der Waals surface area (Å²) < 4.78 is 8.00. The Labute approximate surface area is 171 Å². The maximum Gasteiger partial charge on any atom is 0.259 e. The van der Waals surface area contributed by atoms with E-state index in [1.54, 1.807) is 6.21 Å². The molecule has 0 saturated heterocycles. The fraction of sp³-hybridized carbons (Fsp3) is 0.176. The smallest absolute Gasteiger partial charge is 0.259 e. The molecule has 0 saturated carbocycles. The molecule has 25 heavy (non-hydrogen) atoms. The summed E-state index contributed by atoms with van der Waals surface area (Å²) in [5, 5.41) is 7.01. The summed E-state index contributed by atoms with van der Waals surface area (Å²) in [5.74, 6) is 0.558. The molecule has 2 N–H and O–H groups in total. The molecule has 0 aromatic heterocycles. The van der Waals surface area contributed by atoms with E-state index in [4.69, 9.17) is 4.74 Å². The van der Waals surface area contributed by atoms with Crippen LogP contribution >= 0.6 is 47.8 Å². The van der Waals surface area contributed by atoms with E-state index >= 15 is 0 Å². The Morgan fingerprint density at radius 3 is 2.40 bits per heavy atom. The maximum atomic E-state index is 11.9. The van der Waals surface area contributed by atoms with Crippen LogP contribution in [0.1, 0.15) is 12.5 Å². The molecule has 0 unspecified atom stereocenters. The molecule has 1 amide bonds. The number of hydrazone groups is 1. The lowest BCUT2D eigenvalue weighted by atomic mass is 10.2. The van der Waals surface area contributed by atoms with E-state index in [9.17, 15) is 4.79 Å². The first-order valence-corrected chi connectivity index (χ1v) is 9.80. The Bertz CT molecular complexity index is 741. The van der Waals surface area contributed by atoms with Gasteiger partial charge >= 0.3 is 0 Å². The highest BCUT2D eigenvalue weighted by Gasteiger charge is 2.08. The van der Waals surface area contributed by atoms with E-state index in [1.807, 2.05) is 43.3 Å². The normalized spacial score (nSPS) is 10.7. The largest absolute Gasteiger partial charge is 0.494 e. The van der Waals surface area contributed by atoms with Crippen molar-refractivity contribution in [3.8, 4) is 5.75 Å². The zero-order valence-corrected chi connectivity index (χ0v) is 18.1. The Hall–Kier alpha value is -1.38. The summed E-state index contributed by atoms with van der Waals surface area (Å²) in [6.07, 6.45) is 1.58. The number of nitrogens with zero attached hydrogens (tertiary/aromatic N) is 1. The molecule has 0 aliphatic carbocycles. The number of benzene rings is 2.